The molecular weight excluding hydrogens is 402 g/mol. The third-order valence-electron chi connectivity index (χ3n) is 4.84. The molecule has 1 aromatic heterocycles. The number of benzene rings is 1. The second kappa shape index (κ2) is 10.3. The van der Waals surface area contributed by atoms with Crippen molar-refractivity contribution >= 4 is 27.5 Å². The van der Waals surface area contributed by atoms with E-state index in [9.17, 15) is 8.42 Å². The summed E-state index contributed by atoms with van der Waals surface area (Å²) < 4.78 is 27.7. The summed E-state index contributed by atoms with van der Waals surface area (Å²) in [5, 5.41) is 15.2. The van der Waals surface area contributed by atoms with Crippen LogP contribution in [0.5, 0.6) is 0 Å². The molecule has 0 saturated carbocycles. The topological polar surface area (TPSA) is 123 Å². The fourth-order valence-corrected chi connectivity index (χ4v) is 4.30. The second-order valence-corrected chi connectivity index (χ2v) is 8.81. The molecule has 2 aromatic rings. The van der Waals surface area contributed by atoms with Crippen LogP contribution in [0.2, 0.25) is 0 Å². The van der Waals surface area contributed by atoms with Crippen LogP contribution in [0.25, 0.3) is 0 Å². The predicted octanol–water partition coefficient (Wildman–Crippen LogP) is 2.29. The van der Waals surface area contributed by atoms with E-state index in [1.807, 2.05) is 13.0 Å². The molecule has 1 aliphatic heterocycles. The summed E-state index contributed by atoms with van der Waals surface area (Å²) in [5.74, 6) is 0.773. The molecule has 3 rings (SSSR count). The molecule has 160 valence electrons. The van der Waals surface area contributed by atoms with Crippen molar-refractivity contribution in [2.75, 3.05) is 43.4 Å². The quantitative estimate of drug-likeness (QED) is 0.555. The summed E-state index contributed by atoms with van der Waals surface area (Å²) in [4.78, 5) is 10.9. The first-order chi connectivity index (χ1) is 14.5. The highest BCUT2D eigenvalue weighted by molar-refractivity contribution is 7.89. The Balaban J connectivity index is 1.60. The van der Waals surface area contributed by atoms with Gasteiger partial charge in [0.2, 0.25) is 16.0 Å². The number of hydrogen-bond donors (Lipinski definition) is 3. The third-order valence-corrected chi connectivity index (χ3v) is 6.32. The lowest BCUT2D eigenvalue weighted by atomic mass is 10.1. The molecule has 0 amide bonds. The molecule has 1 aliphatic rings. The van der Waals surface area contributed by atoms with Crippen molar-refractivity contribution in [3.8, 4) is 6.07 Å². The minimum atomic E-state index is -3.56. The molecule has 1 aromatic carbocycles. The number of nitrogens with one attached hydrogen (secondary N) is 3. The summed E-state index contributed by atoms with van der Waals surface area (Å²) >= 11 is 0. The lowest BCUT2D eigenvalue weighted by Gasteiger charge is -2.26. The number of piperidine rings is 1. The Morgan fingerprint density at radius 1 is 1.17 bits per heavy atom. The molecular formula is C20H27N7O2S. The minimum Gasteiger partial charge on any atom is -0.369 e. The van der Waals surface area contributed by atoms with Crippen LogP contribution < -0.4 is 15.4 Å². The van der Waals surface area contributed by atoms with E-state index in [1.54, 1.807) is 24.3 Å². The van der Waals surface area contributed by atoms with Gasteiger partial charge in [-0.25, -0.2) is 18.1 Å². The molecule has 30 heavy (non-hydrogen) atoms. The highest BCUT2D eigenvalue weighted by Gasteiger charge is 2.15. The zero-order chi connectivity index (χ0) is 21.4. The van der Waals surface area contributed by atoms with E-state index >= 15 is 0 Å². The Kier molecular flexibility index (Phi) is 7.57. The van der Waals surface area contributed by atoms with Crippen LogP contribution in [0.15, 0.2) is 35.4 Å². The first kappa shape index (κ1) is 22.0. The largest absolute Gasteiger partial charge is 0.369 e. The van der Waals surface area contributed by atoms with Crippen LogP contribution in [-0.2, 0) is 10.0 Å². The molecule has 1 fully saturated rings. The second-order valence-electron chi connectivity index (χ2n) is 7.05. The molecule has 2 heterocycles. The zero-order valence-corrected chi connectivity index (χ0v) is 17.9. The number of sulfonamides is 1. The number of nitrogens with zero attached hydrogens (tertiary/aromatic N) is 4. The number of anilines is 3. The Morgan fingerprint density at radius 2 is 1.90 bits per heavy atom. The number of rotatable bonds is 9. The molecule has 10 heteroatoms. The van der Waals surface area contributed by atoms with Crippen LogP contribution in [0, 0.1) is 11.3 Å². The minimum absolute atomic E-state index is 0.209. The lowest BCUT2D eigenvalue weighted by Crippen LogP contribution is -2.37. The average Bonchev–Trinajstić information content (AvgIpc) is 2.75. The van der Waals surface area contributed by atoms with Crippen LogP contribution >= 0.6 is 0 Å². The average molecular weight is 430 g/mol. The molecule has 0 radical (unpaired) electrons. The van der Waals surface area contributed by atoms with Gasteiger partial charge in [0.15, 0.2) is 0 Å². The van der Waals surface area contributed by atoms with Gasteiger partial charge in [-0.3, -0.25) is 0 Å². The van der Waals surface area contributed by atoms with E-state index in [0.29, 0.717) is 36.1 Å². The van der Waals surface area contributed by atoms with Crippen molar-refractivity contribution < 1.29 is 8.42 Å². The fourth-order valence-electron chi connectivity index (χ4n) is 3.28. The standard InChI is InChI=1S/C20H27N7O2S/c1-2-22-19-16(14-21)15-23-20(26-19)25-17-6-8-18(9-7-17)30(28,29)24-10-13-27-11-4-3-5-12-27/h6-9,15,24H,2-5,10-13H2,1H3,(H2,22,23,25,26). The lowest BCUT2D eigenvalue weighted by molar-refractivity contribution is 0.233. The highest BCUT2D eigenvalue weighted by Crippen LogP contribution is 2.19. The van der Waals surface area contributed by atoms with Gasteiger partial charge in [0.25, 0.3) is 0 Å². The Hall–Kier alpha value is -2.74. The molecule has 0 spiro atoms. The van der Waals surface area contributed by atoms with Gasteiger partial charge in [-0.2, -0.15) is 10.2 Å². The molecule has 0 atom stereocenters. The van der Waals surface area contributed by atoms with Crippen LogP contribution in [0.4, 0.5) is 17.5 Å². The van der Waals surface area contributed by atoms with E-state index in [2.05, 4.69) is 30.2 Å². The Bertz CT molecular complexity index is 981. The molecule has 0 unspecified atom stereocenters. The smallest absolute Gasteiger partial charge is 0.240 e. The van der Waals surface area contributed by atoms with E-state index < -0.39 is 10.0 Å². The summed E-state index contributed by atoms with van der Waals surface area (Å²) in [7, 11) is -3.56. The van der Waals surface area contributed by atoms with E-state index in [4.69, 9.17) is 5.26 Å². The molecule has 0 aliphatic carbocycles. The van der Waals surface area contributed by atoms with Crippen molar-refractivity contribution in [3.05, 3.63) is 36.0 Å². The van der Waals surface area contributed by atoms with E-state index in [1.165, 1.54) is 25.5 Å². The summed E-state index contributed by atoms with van der Waals surface area (Å²) in [6.45, 7) is 5.74. The summed E-state index contributed by atoms with van der Waals surface area (Å²) in [6.07, 6.45) is 5.06. The van der Waals surface area contributed by atoms with Gasteiger partial charge in [-0.1, -0.05) is 6.42 Å². The van der Waals surface area contributed by atoms with Gasteiger partial charge < -0.3 is 15.5 Å². The van der Waals surface area contributed by atoms with Crippen LogP contribution in [-0.4, -0.2) is 56.0 Å². The van der Waals surface area contributed by atoms with Gasteiger partial charge in [-0.05, 0) is 57.1 Å². The van der Waals surface area contributed by atoms with Gasteiger partial charge >= 0.3 is 0 Å². The van der Waals surface area contributed by atoms with Gasteiger partial charge in [0, 0.05) is 25.3 Å². The van der Waals surface area contributed by atoms with Gasteiger partial charge in [0.1, 0.15) is 17.5 Å². The molecule has 0 bridgehead atoms. The van der Waals surface area contributed by atoms with Crippen molar-refractivity contribution in [3.63, 3.8) is 0 Å². The van der Waals surface area contributed by atoms with Gasteiger partial charge in [0.05, 0.1) is 11.1 Å². The first-order valence-corrected chi connectivity index (χ1v) is 11.6. The molecule has 3 N–H and O–H groups in total. The maximum absolute atomic E-state index is 12.5. The zero-order valence-electron chi connectivity index (χ0n) is 17.1. The number of hydrogen-bond acceptors (Lipinski definition) is 8. The summed E-state index contributed by atoms with van der Waals surface area (Å²) in [5.41, 5.74) is 1.01. The van der Waals surface area contributed by atoms with Crippen molar-refractivity contribution in [1.82, 2.24) is 19.6 Å². The van der Waals surface area contributed by atoms with Crippen molar-refractivity contribution in [1.29, 1.82) is 5.26 Å². The SMILES string of the molecule is CCNc1nc(Nc2ccc(S(=O)(=O)NCCN3CCCCC3)cc2)ncc1C#N. The van der Waals surface area contributed by atoms with Crippen molar-refractivity contribution in [2.24, 2.45) is 0 Å². The van der Waals surface area contributed by atoms with E-state index in [-0.39, 0.29) is 4.90 Å². The third kappa shape index (κ3) is 5.89. The first-order valence-electron chi connectivity index (χ1n) is 10.1. The predicted molar refractivity (Wildman–Crippen MR) is 116 cm³/mol. The van der Waals surface area contributed by atoms with Crippen LogP contribution in [0.1, 0.15) is 31.7 Å². The summed E-state index contributed by atoms with van der Waals surface area (Å²) in [6, 6.07) is 8.45. The highest BCUT2D eigenvalue weighted by atomic mass is 32.2. The van der Waals surface area contributed by atoms with Crippen molar-refractivity contribution in [2.45, 2.75) is 31.1 Å². The maximum Gasteiger partial charge on any atom is 0.240 e. The van der Waals surface area contributed by atoms with E-state index in [0.717, 1.165) is 19.6 Å². The monoisotopic (exact) mass is 429 g/mol. The normalized spacial score (nSPS) is 14.8. The Labute approximate surface area is 177 Å². The van der Waals surface area contributed by atoms with Gasteiger partial charge in [-0.15, -0.1) is 0 Å². The van der Waals surface area contributed by atoms with Crippen LogP contribution in [0.3, 0.4) is 0 Å². The number of nitriles is 1. The maximum atomic E-state index is 12.5. The number of likely N-dealkylation sites (tertiary alicyclic amines) is 1. The number of aromatic nitrogens is 2. The molecule has 1 saturated heterocycles. The Morgan fingerprint density at radius 3 is 2.57 bits per heavy atom. The molecule has 9 nitrogen and oxygen atoms in total. The fraction of sp³-hybridized carbons (Fsp3) is 0.450.